The van der Waals surface area contributed by atoms with Gasteiger partial charge >= 0.3 is 0 Å². The van der Waals surface area contributed by atoms with E-state index in [4.69, 9.17) is 28.4 Å². The number of aliphatic hydroxyl groups excluding tert-OH is 11. The molecule has 0 radical (unpaired) electrons. The van der Waals surface area contributed by atoms with Crippen LogP contribution in [0.2, 0.25) is 0 Å². The monoisotopic (exact) mass is 1310 g/mol. The average Bonchev–Trinajstić information content (AvgIpc) is 0.885. The Labute approximate surface area is 551 Å². The van der Waals surface area contributed by atoms with E-state index in [2.05, 4.69) is 19.2 Å². The lowest BCUT2D eigenvalue weighted by molar-refractivity contribution is -0.379. The van der Waals surface area contributed by atoms with Crippen molar-refractivity contribution < 1.29 is 89.4 Å². The van der Waals surface area contributed by atoms with Crippen molar-refractivity contribution in [2.75, 3.05) is 26.4 Å². The van der Waals surface area contributed by atoms with Crippen LogP contribution in [0, 0.1) is 0 Å². The summed E-state index contributed by atoms with van der Waals surface area (Å²) in [7, 11) is 0. The topological polar surface area (TPSA) is 307 Å². The van der Waals surface area contributed by atoms with Gasteiger partial charge in [-0.3, -0.25) is 4.79 Å². The van der Waals surface area contributed by atoms with Gasteiger partial charge in [0.25, 0.3) is 0 Å². The molecule has 3 fully saturated rings. The van der Waals surface area contributed by atoms with Gasteiger partial charge in [0.2, 0.25) is 5.91 Å². The van der Waals surface area contributed by atoms with Gasteiger partial charge in [-0.05, 0) is 12.8 Å². The van der Waals surface area contributed by atoms with Gasteiger partial charge in [-0.25, -0.2) is 0 Å². The average molecular weight is 1310 g/mol. The molecule has 19 heteroatoms. The van der Waals surface area contributed by atoms with Crippen LogP contribution in [0.1, 0.15) is 322 Å². The summed E-state index contributed by atoms with van der Waals surface area (Å²) < 4.78 is 34.5. The molecule has 12 N–H and O–H groups in total. The molecule has 0 aromatic heterocycles. The predicted molar refractivity (Wildman–Crippen MR) is 356 cm³/mol. The number of hydrogen-bond acceptors (Lipinski definition) is 18. The van der Waals surface area contributed by atoms with Crippen molar-refractivity contribution in [3.05, 3.63) is 0 Å². The standard InChI is InChI=1S/C72H139NO18/c1-3-5-7-9-11-13-15-17-19-21-22-23-24-25-26-27-28-29-30-31-32-34-35-37-39-41-43-45-47-49-56(77)55(73-60(78)50-48-46-44-42-40-38-36-33-20-18-16-14-12-10-8-6-4-2)54-86-70-66(84)63(81)68(58(52-75)88-70)91-72-67(85)64(82)69(59(53-76)89-72)90-71-65(83)62(80)61(79)57(51-74)87-71/h55-59,61-72,74-77,79-85H,3-54H2,1-2H3,(H,73,78). The summed E-state index contributed by atoms with van der Waals surface area (Å²) in [6.45, 7) is 1.86. The Balaban J connectivity index is 1.38. The van der Waals surface area contributed by atoms with E-state index in [1.54, 1.807) is 0 Å². The van der Waals surface area contributed by atoms with E-state index in [0.29, 0.717) is 12.8 Å². The van der Waals surface area contributed by atoms with Gasteiger partial charge in [-0.2, -0.15) is 0 Å². The van der Waals surface area contributed by atoms with E-state index in [1.807, 2.05) is 0 Å². The Morgan fingerprint density at radius 3 is 0.956 bits per heavy atom. The lowest BCUT2D eigenvalue weighted by Crippen LogP contribution is -2.66. The summed E-state index contributed by atoms with van der Waals surface area (Å²) in [4.78, 5) is 13.4. The van der Waals surface area contributed by atoms with Crippen LogP contribution in [-0.2, 0) is 33.2 Å². The number of aliphatic hydroxyl groups is 11. The molecule has 0 spiro atoms. The Hall–Kier alpha value is -1.21. The second-order valence-corrected chi connectivity index (χ2v) is 27.5. The van der Waals surface area contributed by atoms with Crippen molar-refractivity contribution in [1.82, 2.24) is 5.32 Å². The van der Waals surface area contributed by atoms with Gasteiger partial charge in [0.1, 0.15) is 73.2 Å². The van der Waals surface area contributed by atoms with Crippen molar-refractivity contribution in [3.63, 3.8) is 0 Å². The second-order valence-electron chi connectivity index (χ2n) is 27.5. The third-order valence-corrected chi connectivity index (χ3v) is 19.4. The maximum absolute atomic E-state index is 13.4. The summed E-state index contributed by atoms with van der Waals surface area (Å²) in [5.41, 5.74) is 0. The molecule has 91 heavy (non-hydrogen) atoms. The van der Waals surface area contributed by atoms with Gasteiger partial charge in [0, 0.05) is 6.42 Å². The molecule has 19 nitrogen and oxygen atoms in total. The van der Waals surface area contributed by atoms with Gasteiger partial charge in [-0.15, -0.1) is 0 Å². The Kier molecular flexibility index (Phi) is 50.6. The minimum atomic E-state index is -1.97. The summed E-state index contributed by atoms with van der Waals surface area (Å²) in [5, 5.41) is 121. The molecule has 0 aliphatic carbocycles. The first-order chi connectivity index (χ1) is 44.3. The Morgan fingerprint density at radius 1 is 0.352 bits per heavy atom. The smallest absolute Gasteiger partial charge is 0.220 e. The van der Waals surface area contributed by atoms with Crippen LogP contribution < -0.4 is 5.32 Å². The zero-order chi connectivity index (χ0) is 66.1. The van der Waals surface area contributed by atoms with Crippen LogP contribution in [0.25, 0.3) is 0 Å². The van der Waals surface area contributed by atoms with E-state index in [9.17, 15) is 61.0 Å². The van der Waals surface area contributed by atoms with Crippen LogP contribution in [-0.4, -0.2) is 193 Å². The van der Waals surface area contributed by atoms with Gasteiger partial charge in [0.05, 0.1) is 38.6 Å². The molecule has 540 valence electrons. The second kappa shape index (κ2) is 54.8. The number of nitrogens with one attached hydrogen (secondary N) is 1. The highest BCUT2D eigenvalue weighted by Gasteiger charge is 2.53. The van der Waals surface area contributed by atoms with E-state index in [1.165, 1.54) is 244 Å². The Morgan fingerprint density at radius 2 is 0.626 bits per heavy atom. The molecule has 1 amide bonds. The molecule has 3 saturated heterocycles. The van der Waals surface area contributed by atoms with E-state index in [0.717, 1.165) is 44.9 Å². The predicted octanol–water partition coefficient (Wildman–Crippen LogP) is 11.1. The molecule has 17 atom stereocenters. The minimum Gasteiger partial charge on any atom is -0.394 e. The maximum Gasteiger partial charge on any atom is 0.220 e. The third kappa shape index (κ3) is 36.3. The molecule has 3 aliphatic heterocycles. The highest BCUT2D eigenvalue weighted by Crippen LogP contribution is 2.33. The fraction of sp³-hybridized carbons (Fsp3) is 0.986. The molecule has 0 bridgehead atoms. The van der Waals surface area contributed by atoms with Gasteiger partial charge in [0.15, 0.2) is 18.9 Å². The summed E-state index contributed by atoms with van der Waals surface area (Å²) in [5.74, 6) is -0.235. The normalized spacial score (nSPS) is 27.8. The number of carbonyl (C=O) groups excluding carboxylic acids is 1. The van der Waals surface area contributed by atoms with Crippen LogP contribution >= 0.6 is 0 Å². The third-order valence-electron chi connectivity index (χ3n) is 19.4. The molecule has 3 heterocycles. The zero-order valence-electron chi connectivity index (χ0n) is 57.4. The van der Waals surface area contributed by atoms with Crippen molar-refractivity contribution in [1.29, 1.82) is 0 Å². The zero-order valence-corrected chi connectivity index (χ0v) is 57.4. The lowest BCUT2D eigenvalue weighted by atomic mass is 9.96. The Bertz CT molecular complexity index is 1650. The highest BCUT2D eigenvalue weighted by molar-refractivity contribution is 5.76. The molecular formula is C72H139NO18. The van der Waals surface area contributed by atoms with Crippen LogP contribution in [0.5, 0.6) is 0 Å². The van der Waals surface area contributed by atoms with E-state index in [-0.39, 0.29) is 18.9 Å². The van der Waals surface area contributed by atoms with Crippen molar-refractivity contribution in [3.8, 4) is 0 Å². The van der Waals surface area contributed by atoms with Crippen LogP contribution in [0.4, 0.5) is 0 Å². The summed E-state index contributed by atoms with van der Waals surface area (Å²) in [6.07, 6.45) is 33.3. The number of amides is 1. The first-order valence-electron chi connectivity index (χ1n) is 37.8. The highest BCUT2D eigenvalue weighted by atomic mass is 16.8. The number of ether oxygens (including phenoxy) is 6. The number of unbranched alkanes of at least 4 members (excludes halogenated alkanes) is 44. The minimum absolute atomic E-state index is 0.235. The SMILES string of the molecule is CCCCCCCCCCCCCCCCCCCCCCCCCCCCCCCC(O)C(COC1OC(CO)C(OC2OC(CO)C(OC3OC(CO)C(O)C(O)C3O)C(O)C2O)C(O)C1O)NC(=O)CCCCCCCCCCCCCCCCCCC. The number of hydrogen-bond donors (Lipinski definition) is 12. The number of carbonyl (C=O) groups is 1. The molecule has 3 aliphatic rings. The number of rotatable bonds is 60. The maximum atomic E-state index is 13.4. The van der Waals surface area contributed by atoms with E-state index >= 15 is 0 Å². The molecule has 3 rings (SSSR count). The molecule has 0 saturated carbocycles. The van der Waals surface area contributed by atoms with E-state index < -0.39 is 124 Å². The first-order valence-corrected chi connectivity index (χ1v) is 37.8. The fourth-order valence-electron chi connectivity index (χ4n) is 13.3. The summed E-state index contributed by atoms with van der Waals surface area (Å²) >= 11 is 0. The molecule has 0 aromatic carbocycles. The molecule has 17 unspecified atom stereocenters. The van der Waals surface area contributed by atoms with Crippen LogP contribution in [0.3, 0.4) is 0 Å². The molecular weight excluding hydrogens is 1170 g/mol. The summed E-state index contributed by atoms with van der Waals surface area (Å²) in [6, 6.07) is -0.882. The van der Waals surface area contributed by atoms with Crippen molar-refractivity contribution in [2.45, 2.75) is 426 Å². The largest absolute Gasteiger partial charge is 0.394 e. The van der Waals surface area contributed by atoms with Crippen molar-refractivity contribution in [2.24, 2.45) is 0 Å². The van der Waals surface area contributed by atoms with Gasteiger partial charge in [-0.1, -0.05) is 303 Å². The van der Waals surface area contributed by atoms with Gasteiger partial charge < -0.3 is 89.9 Å². The first kappa shape index (κ1) is 84.0. The quantitative estimate of drug-likeness (QED) is 0.0252. The lowest BCUT2D eigenvalue weighted by Gasteiger charge is -2.48. The molecule has 0 aromatic rings. The fourth-order valence-corrected chi connectivity index (χ4v) is 13.3. The van der Waals surface area contributed by atoms with Crippen LogP contribution in [0.15, 0.2) is 0 Å². The van der Waals surface area contributed by atoms with Crippen molar-refractivity contribution >= 4 is 5.91 Å².